The number of amides is 1. The monoisotopic (exact) mass is 716 g/mol. The summed E-state index contributed by atoms with van der Waals surface area (Å²) in [5.74, 6) is -15.0. The fourth-order valence-electron chi connectivity index (χ4n) is 4.18. The fourth-order valence-corrected chi connectivity index (χ4v) is 4.18. The summed E-state index contributed by atoms with van der Waals surface area (Å²) in [6.07, 6.45) is -5.93. The molecule has 1 aliphatic heterocycles. The number of hydrogen-bond acceptors (Lipinski definition) is 14. The van der Waals surface area contributed by atoms with Gasteiger partial charge in [-0.2, -0.15) is 8.78 Å². The first-order chi connectivity index (χ1) is 23.4. The van der Waals surface area contributed by atoms with E-state index in [-0.39, 0.29) is 52.7 Å². The topological polar surface area (TPSA) is 216 Å². The minimum atomic E-state index is -2.37. The van der Waals surface area contributed by atoms with Gasteiger partial charge in [0.2, 0.25) is 40.7 Å². The van der Waals surface area contributed by atoms with Crippen LogP contribution in [0.3, 0.4) is 0 Å². The van der Waals surface area contributed by atoms with Crippen molar-refractivity contribution < 1.29 is 80.0 Å². The lowest BCUT2D eigenvalue weighted by atomic mass is 9.97. The third-order valence-corrected chi connectivity index (χ3v) is 6.71. The van der Waals surface area contributed by atoms with Crippen molar-refractivity contribution in [2.45, 2.75) is 56.5 Å². The van der Waals surface area contributed by atoms with E-state index in [1.165, 1.54) is 0 Å². The maximum atomic E-state index is 13.5. The first-order valence-corrected chi connectivity index (χ1v) is 14.9. The number of aliphatic hydroxyl groups is 3. The normalized spacial score (nSPS) is 20.9. The fraction of sp³-hybridized carbons (Fsp3) is 0.643. The van der Waals surface area contributed by atoms with Crippen molar-refractivity contribution in [3.63, 3.8) is 0 Å². The van der Waals surface area contributed by atoms with Gasteiger partial charge in [-0.15, -0.1) is 5.10 Å². The third kappa shape index (κ3) is 12.5. The summed E-state index contributed by atoms with van der Waals surface area (Å²) in [7, 11) is 0. The van der Waals surface area contributed by atoms with Gasteiger partial charge >= 0.3 is 5.97 Å². The predicted octanol–water partition coefficient (Wildman–Crippen LogP) is -0.722. The Labute approximate surface area is 275 Å². The molecule has 1 aliphatic rings. The Morgan fingerprint density at radius 3 is 1.92 bits per heavy atom. The van der Waals surface area contributed by atoms with Crippen molar-refractivity contribution in [1.29, 1.82) is 0 Å². The van der Waals surface area contributed by atoms with Gasteiger partial charge in [-0.05, 0) is 0 Å². The average molecular weight is 717 g/mol. The molecule has 16 nitrogen and oxygen atoms in total. The molecule has 1 aromatic carbocycles. The van der Waals surface area contributed by atoms with E-state index < -0.39 is 83.8 Å². The van der Waals surface area contributed by atoms with Crippen molar-refractivity contribution in [1.82, 2.24) is 15.0 Å². The summed E-state index contributed by atoms with van der Waals surface area (Å²) in [5.41, 5.74) is 5.69. The maximum absolute atomic E-state index is 13.5. The molecule has 49 heavy (non-hydrogen) atoms. The first kappa shape index (κ1) is 40.0. The molecule has 276 valence electrons. The molecule has 2 aromatic rings. The second kappa shape index (κ2) is 20.3. The van der Waals surface area contributed by atoms with Crippen molar-refractivity contribution in [3.8, 4) is 5.75 Å². The van der Waals surface area contributed by atoms with Gasteiger partial charge in [0.15, 0.2) is 6.29 Å². The highest BCUT2D eigenvalue weighted by Crippen LogP contribution is 2.29. The molecule has 0 aliphatic carbocycles. The number of nitrogens with two attached hydrogens (primary N) is 1. The number of benzene rings is 1. The zero-order valence-electron chi connectivity index (χ0n) is 26.0. The minimum absolute atomic E-state index is 0.0360. The van der Waals surface area contributed by atoms with E-state index in [1.54, 1.807) is 10.9 Å². The van der Waals surface area contributed by atoms with Crippen LogP contribution in [0.15, 0.2) is 6.20 Å². The molecule has 0 radical (unpaired) electrons. The molecule has 1 saturated heterocycles. The molecule has 1 aromatic heterocycles. The number of nitrogens with zero attached hydrogens (tertiary/aromatic N) is 3. The summed E-state index contributed by atoms with van der Waals surface area (Å²) in [5, 5.41) is 38.0. The Bertz CT molecular complexity index is 1330. The highest BCUT2D eigenvalue weighted by Gasteiger charge is 2.44. The number of ether oxygens (including phenoxy) is 7. The van der Waals surface area contributed by atoms with Crippen molar-refractivity contribution in [3.05, 3.63) is 41.0 Å². The minimum Gasteiger partial charge on any atom is -0.420 e. The van der Waals surface area contributed by atoms with Crippen LogP contribution in [-0.2, 0) is 51.0 Å². The van der Waals surface area contributed by atoms with Crippen molar-refractivity contribution in [2.75, 3.05) is 59.5 Å². The molecular weight excluding hydrogens is 679 g/mol. The lowest BCUT2D eigenvalue weighted by molar-refractivity contribution is -0.296. The van der Waals surface area contributed by atoms with Crippen LogP contribution in [0.5, 0.6) is 5.75 Å². The number of aliphatic hydroxyl groups excluding tert-OH is 3. The van der Waals surface area contributed by atoms with Gasteiger partial charge in [-0.3, -0.25) is 9.59 Å². The number of primary amides is 1. The highest BCUT2D eigenvalue weighted by molar-refractivity contribution is 5.74. The Balaban J connectivity index is 1.15. The Morgan fingerprint density at radius 1 is 0.776 bits per heavy atom. The molecule has 2 heterocycles. The van der Waals surface area contributed by atoms with Gasteiger partial charge in [-0.25, -0.2) is 17.9 Å². The average Bonchev–Trinajstić information content (AvgIpc) is 3.53. The summed E-state index contributed by atoms with van der Waals surface area (Å²) >= 11 is 0. The van der Waals surface area contributed by atoms with E-state index in [1.807, 2.05) is 0 Å². The number of aromatic nitrogens is 3. The van der Waals surface area contributed by atoms with Gasteiger partial charge in [0, 0.05) is 12.6 Å². The van der Waals surface area contributed by atoms with E-state index >= 15 is 0 Å². The van der Waals surface area contributed by atoms with Crippen LogP contribution >= 0.6 is 0 Å². The molecule has 1 fully saturated rings. The van der Waals surface area contributed by atoms with E-state index in [4.69, 9.17) is 34.2 Å². The number of carbonyl (C=O) groups excluding carboxylic acids is 2. The number of rotatable bonds is 22. The Kier molecular flexibility index (Phi) is 16.6. The molecule has 0 spiro atoms. The molecule has 5 N–H and O–H groups in total. The van der Waals surface area contributed by atoms with E-state index in [0.717, 1.165) is 0 Å². The molecule has 0 unspecified atom stereocenters. The standard InChI is InChI=1S/C28H37F5N4O12/c29-19-20(30)22(32)27(23(33)21(19)31)49-18(39)2-4-43-7-9-45-11-12-46-10-8-44-6-3-37-14-15(35-36-37)1-5-47-28-26(42)25(41)24(40)16(48-28)13-17(34)38/h14,16,24-26,28,40-42H,1-13H2,(H2,34,38)/t16-,24-,25+,26+,28+/m1/s1. The van der Waals surface area contributed by atoms with E-state index in [0.29, 0.717) is 31.9 Å². The largest absolute Gasteiger partial charge is 0.420 e. The second-order valence-corrected chi connectivity index (χ2v) is 10.4. The summed E-state index contributed by atoms with van der Waals surface area (Å²) in [6, 6.07) is 0. The number of carbonyl (C=O) groups is 2. The van der Waals surface area contributed by atoms with Crippen LogP contribution in [0.2, 0.25) is 0 Å². The lowest BCUT2D eigenvalue weighted by Gasteiger charge is -2.39. The quantitative estimate of drug-likeness (QED) is 0.0296. The number of esters is 1. The zero-order valence-corrected chi connectivity index (χ0v) is 26.0. The summed E-state index contributed by atoms with van der Waals surface area (Å²) < 4.78 is 104. The first-order valence-electron chi connectivity index (χ1n) is 14.9. The van der Waals surface area contributed by atoms with E-state index in [9.17, 15) is 46.9 Å². The van der Waals surface area contributed by atoms with Gasteiger partial charge in [0.05, 0.1) is 90.6 Å². The van der Waals surface area contributed by atoms with Crippen LogP contribution in [0.1, 0.15) is 18.5 Å². The van der Waals surface area contributed by atoms with Crippen molar-refractivity contribution in [2.24, 2.45) is 5.73 Å². The molecule has 5 atom stereocenters. The molecule has 0 bridgehead atoms. The molecule has 1 amide bonds. The van der Waals surface area contributed by atoms with Gasteiger partial charge in [-0.1, -0.05) is 5.21 Å². The third-order valence-electron chi connectivity index (χ3n) is 6.71. The predicted molar refractivity (Wildman–Crippen MR) is 150 cm³/mol. The Morgan fingerprint density at radius 2 is 1.33 bits per heavy atom. The summed E-state index contributed by atoms with van der Waals surface area (Å²) in [4.78, 5) is 22.8. The van der Waals surface area contributed by atoms with Crippen molar-refractivity contribution >= 4 is 11.9 Å². The van der Waals surface area contributed by atoms with Crippen LogP contribution in [0.25, 0.3) is 0 Å². The molecule has 0 saturated carbocycles. The second-order valence-electron chi connectivity index (χ2n) is 10.4. The van der Waals surface area contributed by atoms with Crippen LogP contribution < -0.4 is 10.5 Å². The smallest absolute Gasteiger partial charge is 0.313 e. The number of hydrogen-bond donors (Lipinski definition) is 4. The maximum Gasteiger partial charge on any atom is 0.313 e. The number of halogens is 5. The zero-order chi connectivity index (χ0) is 35.9. The van der Waals surface area contributed by atoms with E-state index in [2.05, 4.69) is 15.0 Å². The van der Waals surface area contributed by atoms with Crippen LogP contribution in [-0.4, -0.2) is 132 Å². The van der Waals surface area contributed by atoms with Gasteiger partial charge in [0.1, 0.15) is 18.3 Å². The molecular formula is C28H37F5N4O12. The molecule has 21 heteroatoms. The SMILES string of the molecule is NC(=O)C[C@H]1O[C@H](OCCc2cn(CCOCCOCCOCCOCCC(=O)Oc3c(F)c(F)c(F)c(F)c3F)nn2)[C@@H](O)[C@@H](O)[C@@H]1O. The van der Waals surface area contributed by atoms with Gasteiger partial charge < -0.3 is 54.2 Å². The molecule has 3 rings (SSSR count). The van der Waals surface area contributed by atoms with Crippen LogP contribution in [0.4, 0.5) is 22.0 Å². The highest BCUT2D eigenvalue weighted by atomic mass is 19.2. The lowest BCUT2D eigenvalue weighted by Crippen LogP contribution is -2.58. The Hall–Kier alpha value is -3.41. The van der Waals surface area contributed by atoms with Crippen LogP contribution in [0, 0.1) is 29.1 Å². The summed E-state index contributed by atoms with van der Waals surface area (Å²) in [6.45, 7) is 1.71. The van der Waals surface area contributed by atoms with Gasteiger partial charge in [0.25, 0.3) is 0 Å².